The lowest BCUT2D eigenvalue weighted by Gasteiger charge is -2.30. The van der Waals surface area contributed by atoms with Gasteiger partial charge in [0.2, 0.25) is 0 Å². The van der Waals surface area contributed by atoms with Crippen molar-refractivity contribution in [1.29, 1.82) is 0 Å². The first-order chi connectivity index (χ1) is 12.1. The molecule has 0 aliphatic carbocycles. The van der Waals surface area contributed by atoms with E-state index in [1.165, 1.54) is 11.8 Å². The Balaban J connectivity index is 1.89. The summed E-state index contributed by atoms with van der Waals surface area (Å²) in [5, 5.41) is 23.4. The average molecular weight is 417 g/mol. The maximum Gasteiger partial charge on any atom is 0.258 e. The van der Waals surface area contributed by atoms with Crippen LogP contribution in [-0.4, -0.2) is 21.1 Å². The van der Waals surface area contributed by atoms with Crippen LogP contribution in [0, 0.1) is 10.1 Å². The molecule has 1 N–H and O–H groups in total. The fraction of sp³-hybridized carbons (Fsp3) is 0.167. The normalized spacial score (nSPS) is 22.6. The highest BCUT2D eigenvalue weighted by Crippen LogP contribution is 2.50. The maximum atomic E-state index is 11.7. The monoisotopic (exact) mass is 416 g/mol. The van der Waals surface area contributed by atoms with E-state index in [9.17, 15) is 15.2 Å². The molecule has 2 heterocycles. The number of hydrogen-bond acceptors (Lipinski definition) is 5. The van der Waals surface area contributed by atoms with Crippen molar-refractivity contribution in [2.75, 3.05) is 0 Å². The van der Waals surface area contributed by atoms with Crippen molar-refractivity contribution in [2.24, 2.45) is 0 Å². The van der Waals surface area contributed by atoms with E-state index >= 15 is 0 Å². The van der Waals surface area contributed by atoms with Crippen LogP contribution in [0.5, 0.6) is 0 Å². The summed E-state index contributed by atoms with van der Waals surface area (Å²) in [6.45, 7) is 0. The number of hydrogen-bond donors (Lipinski definition) is 1. The highest BCUT2D eigenvalue weighted by molar-refractivity contribution is 9.10. The molecule has 5 nitrogen and oxygen atoms in total. The van der Waals surface area contributed by atoms with E-state index < -0.39 is 17.4 Å². The largest absolute Gasteiger partial charge is 0.381 e. The minimum absolute atomic E-state index is 0.386. The molecule has 1 aliphatic heterocycles. The molecule has 0 fully saturated rings. The zero-order valence-electron chi connectivity index (χ0n) is 12.9. The fourth-order valence-electron chi connectivity index (χ4n) is 3.14. The maximum absolute atomic E-state index is 11.7. The van der Waals surface area contributed by atoms with Gasteiger partial charge in [-0.05, 0) is 23.8 Å². The lowest BCUT2D eigenvalue weighted by Crippen LogP contribution is -2.35. The van der Waals surface area contributed by atoms with Crippen LogP contribution >= 0.6 is 27.7 Å². The molecule has 0 radical (unpaired) electrons. The van der Waals surface area contributed by atoms with Gasteiger partial charge in [-0.15, -0.1) is 0 Å². The van der Waals surface area contributed by atoms with Gasteiger partial charge in [-0.2, -0.15) is 0 Å². The van der Waals surface area contributed by atoms with Gasteiger partial charge in [-0.1, -0.05) is 64.1 Å². The van der Waals surface area contributed by atoms with Crippen molar-refractivity contribution in [3.8, 4) is 0 Å². The number of aromatic nitrogens is 1. The van der Waals surface area contributed by atoms with Crippen LogP contribution in [0.3, 0.4) is 0 Å². The van der Waals surface area contributed by atoms with Crippen molar-refractivity contribution in [1.82, 2.24) is 4.98 Å². The third-order valence-electron chi connectivity index (χ3n) is 4.36. The SMILES string of the molecule is O=[N+]([O-])[C@H]1[C@H](O)c2cc3c(Br)cccc3nc2S[C@@H]1c1ccccc1. The number of aliphatic hydroxyl groups is 1. The summed E-state index contributed by atoms with van der Waals surface area (Å²) in [4.78, 5) is 16.0. The van der Waals surface area contributed by atoms with E-state index in [2.05, 4.69) is 20.9 Å². The second-order valence-electron chi connectivity index (χ2n) is 5.86. The smallest absolute Gasteiger partial charge is 0.258 e. The quantitative estimate of drug-likeness (QED) is 0.490. The van der Waals surface area contributed by atoms with Gasteiger partial charge in [0.15, 0.2) is 6.10 Å². The van der Waals surface area contributed by atoms with Gasteiger partial charge in [-0.25, -0.2) is 4.98 Å². The van der Waals surface area contributed by atoms with E-state index in [0.717, 1.165) is 20.9 Å². The van der Waals surface area contributed by atoms with Crippen LogP contribution in [0.15, 0.2) is 64.1 Å². The van der Waals surface area contributed by atoms with E-state index in [1.807, 2.05) is 48.5 Å². The zero-order chi connectivity index (χ0) is 17.6. The van der Waals surface area contributed by atoms with E-state index in [1.54, 1.807) is 6.07 Å². The summed E-state index contributed by atoms with van der Waals surface area (Å²) >= 11 is 4.82. The summed E-state index contributed by atoms with van der Waals surface area (Å²) < 4.78 is 0.848. The molecular formula is C18H13BrN2O3S. The molecule has 0 amide bonds. The summed E-state index contributed by atoms with van der Waals surface area (Å²) in [6.07, 6.45) is -1.21. The van der Waals surface area contributed by atoms with Gasteiger partial charge in [-0.3, -0.25) is 10.1 Å². The number of fused-ring (bicyclic) bond motifs is 2. The molecule has 0 spiro atoms. The topological polar surface area (TPSA) is 76.3 Å². The second kappa shape index (κ2) is 6.40. The molecule has 1 aromatic heterocycles. The lowest BCUT2D eigenvalue weighted by atomic mass is 9.95. The first-order valence-electron chi connectivity index (χ1n) is 7.68. The first kappa shape index (κ1) is 16.5. The van der Waals surface area contributed by atoms with Crippen molar-refractivity contribution in [2.45, 2.75) is 22.4 Å². The van der Waals surface area contributed by atoms with E-state index in [4.69, 9.17) is 0 Å². The number of rotatable bonds is 2. The van der Waals surface area contributed by atoms with Crippen LogP contribution in [-0.2, 0) is 0 Å². The number of aliphatic hydroxyl groups excluding tert-OH is 1. The predicted octanol–water partition coefficient (Wildman–Crippen LogP) is 4.52. The van der Waals surface area contributed by atoms with Gasteiger partial charge in [0.25, 0.3) is 6.04 Å². The Morgan fingerprint density at radius 3 is 2.64 bits per heavy atom. The average Bonchev–Trinajstić information content (AvgIpc) is 2.61. The molecule has 0 saturated carbocycles. The van der Waals surface area contributed by atoms with Gasteiger partial charge >= 0.3 is 0 Å². The molecule has 0 saturated heterocycles. The lowest BCUT2D eigenvalue weighted by molar-refractivity contribution is -0.536. The number of thioether (sulfide) groups is 1. The molecule has 3 atom stereocenters. The van der Waals surface area contributed by atoms with Crippen molar-refractivity contribution >= 4 is 38.6 Å². The highest BCUT2D eigenvalue weighted by Gasteiger charge is 2.46. The molecule has 4 rings (SSSR count). The van der Waals surface area contributed by atoms with Gasteiger partial charge in [0, 0.05) is 20.3 Å². The third-order valence-corrected chi connectivity index (χ3v) is 6.41. The molecular weight excluding hydrogens is 404 g/mol. The number of halogens is 1. The number of nitrogens with zero attached hydrogens (tertiary/aromatic N) is 2. The Labute approximate surface area is 156 Å². The molecule has 3 aromatic rings. The number of nitro groups is 1. The fourth-order valence-corrected chi connectivity index (χ4v) is 5.00. The van der Waals surface area contributed by atoms with Gasteiger partial charge in [0.05, 0.1) is 5.52 Å². The Morgan fingerprint density at radius 1 is 1.16 bits per heavy atom. The third kappa shape index (κ3) is 2.82. The van der Waals surface area contributed by atoms with Crippen LogP contribution < -0.4 is 0 Å². The second-order valence-corrected chi connectivity index (χ2v) is 7.84. The number of benzene rings is 2. The standard InChI is InChI=1S/C18H13BrN2O3S/c19-13-7-4-8-14-11(13)9-12-16(22)15(21(23)24)17(25-18(12)20-14)10-5-2-1-3-6-10/h1-9,15-17,22H/t15-,16+,17+/m0/s1. The van der Waals surface area contributed by atoms with Crippen molar-refractivity contribution < 1.29 is 10.0 Å². The first-order valence-corrected chi connectivity index (χ1v) is 9.36. The highest BCUT2D eigenvalue weighted by atomic mass is 79.9. The molecule has 7 heteroatoms. The molecule has 126 valence electrons. The molecule has 25 heavy (non-hydrogen) atoms. The molecule has 1 aliphatic rings. The molecule has 0 bridgehead atoms. The predicted molar refractivity (Wildman–Crippen MR) is 100 cm³/mol. The summed E-state index contributed by atoms with van der Waals surface area (Å²) in [5.41, 5.74) is 2.12. The van der Waals surface area contributed by atoms with Crippen LogP contribution in [0.1, 0.15) is 22.5 Å². The van der Waals surface area contributed by atoms with Crippen LogP contribution in [0.2, 0.25) is 0 Å². The Hall–Kier alpha value is -1.96. The summed E-state index contributed by atoms with van der Waals surface area (Å²) in [5.74, 6) is 0. The summed E-state index contributed by atoms with van der Waals surface area (Å²) in [6, 6.07) is 15.6. The molecule has 0 unspecified atom stereocenters. The van der Waals surface area contributed by atoms with Crippen LogP contribution in [0.4, 0.5) is 0 Å². The Kier molecular flexibility index (Phi) is 4.23. The Bertz CT molecular complexity index is 967. The zero-order valence-corrected chi connectivity index (χ0v) is 15.3. The summed E-state index contributed by atoms with van der Waals surface area (Å²) in [7, 11) is 0. The van der Waals surface area contributed by atoms with Crippen molar-refractivity contribution in [3.05, 3.63) is 80.3 Å². The minimum atomic E-state index is -1.21. The Morgan fingerprint density at radius 2 is 1.92 bits per heavy atom. The van der Waals surface area contributed by atoms with Gasteiger partial charge < -0.3 is 5.11 Å². The van der Waals surface area contributed by atoms with Crippen LogP contribution in [0.25, 0.3) is 10.9 Å². The van der Waals surface area contributed by atoms with E-state index in [0.29, 0.717) is 10.6 Å². The molecule has 2 aromatic carbocycles. The van der Waals surface area contributed by atoms with Gasteiger partial charge in [0.1, 0.15) is 10.3 Å². The minimum Gasteiger partial charge on any atom is -0.381 e. The van der Waals surface area contributed by atoms with E-state index in [-0.39, 0.29) is 4.92 Å². The van der Waals surface area contributed by atoms with Crippen molar-refractivity contribution in [3.63, 3.8) is 0 Å². The number of pyridine rings is 1.